The highest BCUT2D eigenvalue weighted by molar-refractivity contribution is 7.98. The number of aromatic nitrogens is 1. The molecule has 2 fully saturated rings. The number of carbonyl (C=O) groups excluding carboxylic acids is 3. The molecule has 2 atom stereocenters. The van der Waals surface area contributed by atoms with Crippen molar-refractivity contribution < 1.29 is 27.6 Å². The first-order valence-corrected chi connectivity index (χ1v) is 14.9. The number of carbonyl (C=O) groups is 3. The maximum atomic E-state index is 14.9. The maximum Gasteiger partial charge on any atom is 0.252 e. The van der Waals surface area contributed by atoms with E-state index in [1.807, 2.05) is 6.07 Å². The van der Waals surface area contributed by atoms with Gasteiger partial charge in [0.15, 0.2) is 0 Å². The largest absolute Gasteiger partial charge is 0.351 e. The molecule has 8 nitrogen and oxygen atoms in total. The molecule has 43 heavy (non-hydrogen) atoms. The van der Waals surface area contributed by atoms with Crippen LogP contribution in [0.15, 0.2) is 65.7 Å². The van der Waals surface area contributed by atoms with Crippen LogP contribution in [0.25, 0.3) is 0 Å². The summed E-state index contributed by atoms with van der Waals surface area (Å²) in [6.07, 6.45) is 1.94. The second-order valence-corrected chi connectivity index (χ2v) is 11.6. The second kappa shape index (κ2) is 12.3. The Hall–Kier alpha value is -4.08. The quantitative estimate of drug-likeness (QED) is 0.324. The van der Waals surface area contributed by atoms with Crippen molar-refractivity contribution in [3.05, 3.63) is 82.8 Å². The van der Waals surface area contributed by atoms with Gasteiger partial charge < -0.3 is 5.32 Å². The average Bonchev–Trinajstić information content (AvgIpc) is 3.35. The summed E-state index contributed by atoms with van der Waals surface area (Å²) in [6, 6.07) is 11.4. The number of alkyl halides is 2. The molecule has 2 heterocycles. The summed E-state index contributed by atoms with van der Waals surface area (Å²) in [5.74, 6) is -5.50. The van der Waals surface area contributed by atoms with Crippen LogP contribution in [0.3, 0.4) is 0 Å². The normalized spacial score (nSPS) is 18.5. The van der Waals surface area contributed by atoms with Gasteiger partial charge in [-0.1, -0.05) is 29.8 Å². The molecular formula is C30H25ClF3N5O3S. The van der Waals surface area contributed by atoms with E-state index in [9.17, 15) is 32.8 Å². The number of nitriles is 1. The third-order valence-corrected chi connectivity index (χ3v) is 8.42. The molecule has 0 bridgehead atoms. The fourth-order valence-electron chi connectivity index (χ4n) is 5.33. The molecule has 1 aliphatic carbocycles. The third-order valence-electron chi connectivity index (χ3n) is 7.37. The number of anilines is 2. The van der Waals surface area contributed by atoms with E-state index in [4.69, 9.17) is 11.6 Å². The SMILES string of the molecule is CSc1cc(F)cc(N(C(=O)[C@@H]2CCC(=O)N2c2cc(C#N)ccn2)C(C(=O)NC2CC(F)(F)C2)c2ccccc2Cl)c1. The molecule has 2 aliphatic rings. The molecule has 5 rings (SSSR count). The van der Waals surface area contributed by atoms with Crippen LogP contribution in [-0.4, -0.2) is 47.0 Å². The van der Waals surface area contributed by atoms with Crippen molar-refractivity contribution in [1.29, 1.82) is 5.26 Å². The van der Waals surface area contributed by atoms with Gasteiger partial charge in [-0.3, -0.25) is 24.2 Å². The van der Waals surface area contributed by atoms with Gasteiger partial charge >= 0.3 is 0 Å². The van der Waals surface area contributed by atoms with E-state index in [1.165, 1.54) is 59.3 Å². The van der Waals surface area contributed by atoms with E-state index >= 15 is 0 Å². The molecule has 1 saturated heterocycles. The molecule has 2 aromatic carbocycles. The van der Waals surface area contributed by atoms with E-state index in [1.54, 1.807) is 18.4 Å². The zero-order chi connectivity index (χ0) is 30.9. The van der Waals surface area contributed by atoms with Crippen molar-refractivity contribution >= 4 is 52.6 Å². The van der Waals surface area contributed by atoms with Crippen LogP contribution in [0.2, 0.25) is 5.02 Å². The minimum absolute atomic E-state index is 0.00592. The van der Waals surface area contributed by atoms with Crippen LogP contribution < -0.4 is 15.1 Å². The molecule has 222 valence electrons. The number of nitrogens with one attached hydrogen (secondary N) is 1. The Bertz CT molecular complexity index is 1630. The smallest absolute Gasteiger partial charge is 0.252 e. The molecule has 13 heteroatoms. The standard InChI is InChI=1S/C30H25ClF3N5O3S/c1-43-21-12-18(32)11-20(13-21)38(29(42)24-6-7-26(40)39(24)25-10-17(16-35)8-9-36-25)27(22-4-2-3-5-23(22)31)28(41)37-19-14-30(33,34)15-19/h2-5,8-13,19,24,27H,6-7,14-15H2,1H3,(H,37,41)/t24-,27?/m0/s1. The number of hydrogen-bond acceptors (Lipinski definition) is 6. The average molecular weight is 628 g/mol. The Morgan fingerprint density at radius 3 is 2.63 bits per heavy atom. The van der Waals surface area contributed by atoms with Gasteiger partial charge in [0, 0.05) is 52.7 Å². The van der Waals surface area contributed by atoms with Crippen molar-refractivity contribution in [1.82, 2.24) is 10.3 Å². The van der Waals surface area contributed by atoms with Gasteiger partial charge in [-0.2, -0.15) is 5.26 Å². The van der Waals surface area contributed by atoms with Crippen LogP contribution in [0, 0.1) is 17.1 Å². The fraction of sp³-hybridized carbons (Fsp3) is 0.300. The number of halogens is 4. The number of benzene rings is 2. The van der Waals surface area contributed by atoms with Crippen molar-refractivity contribution in [2.45, 2.75) is 54.6 Å². The Balaban J connectivity index is 1.64. The lowest BCUT2D eigenvalue weighted by Gasteiger charge is -2.39. The van der Waals surface area contributed by atoms with Gasteiger partial charge in [0.1, 0.15) is 23.7 Å². The number of pyridine rings is 1. The van der Waals surface area contributed by atoms with Gasteiger partial charge in [-0.25, -0.2) is 18.2 Å². The number of amides is 3. The van der Waals surface area contributed by atoms with Crippen LogP contribution in [-0.2, 0) is 14.4 Å². The van der Waals surface area contributed by atoms with Crippen LogP contribution >= 0.6 is 23.4 Å². The number of hydrogen-bond donors (Lipinski definition) is 1. The van der Waals surface area contributed by atoms with Gasteiger partial charge in [-0.05, 0) is 49.1 Å². The number of thioether (sulfide) groups is 1. The number of rotatable bonds is 8. The summed E-state index contributed by atoms with van der Waals surface area (Å²) in [5, 5.41) is 12.1. The van der Waals surface area contributed by atoms with E-state index in [0.29, 0.717) is 4.90 Å². The first-order chi connectivity index (χ1) is 20.5. The minimum Gasteiger partial charge on any atom is -0.351 e. The molecule has 0 radical (unpaired) electrons. The number of nitrogens with zero attached hydrogens (tertiary/aromatic N) is 4. The lowest BCUT2D eigenvalue weighted by Crippen LogP contribution is -2.56. The predicted molar refractivity (Wildman–Crippen MR) is 155 cm³/mol. The van der Waals surface area contributed by atoms with Gasteiger partial charge in [0.05, 0.1) is 11.6 Å². The summed E-state index contributed by atoms with van der Waals surface area (Å²) < 4.78 is 42.3. The molecule has 1 N–H and O–H groups in total. The molecular weight excluding hydrogens is 603 g/mol. The molecule has 3 amide bonds. The first kappa shape index (κ1) is 30.4. The summed E-state index contributed by atoms with van der Waals surface area (Å²) >= 11 is 7.75. The van der Waals surface area contributed by atoms with E-state index in [-0.39, 0.29) is 40.5 Å². The van der Waals surface area contributed by atoms with Crippen LogP contribution in [0.5, 0.6) is 0 Å². The van der Waals surface area contributed by atoms with E-state index < -0.39 is 60.4 Å². The Morgan fingerprint density at radius 2 is 1.95 bits per heavy atom. The van der Waals surface area contributed by atoms with Gasteiger partial charge in [0.25, 0.3) is 11.8 Å². The summed E-state index contributed by atoms with van der Waals surface area (Å²) in [4.78, 5) is 48.5. The molecule has 3 aromatic rings. The van der Waals surface area contributed by atoms with Crippen molar-refractivity contribution in [2.24, 2.45) is 0 Å². The first-order valence-electron chi connectivity index (χ1n) is 13.3. The van der Waals surface area contributed by atoms with Crippen molar-refractivity contribution in [2.75, 3.05) is 16.1 Å². The summed E-state index contributed by atoms with van der Waals surface area (Å²) in [6.45, 7) is 0. The lowest BCUT2D eigenvalue weighted by molar-refractivity contribution is -0.133. The zero-order valence-electron chi connectivity index (χ0n) is 22.8. The lowest BCUT2D eigenvalue weighted by atomic mass is 9.87. The highest BCUT2D eigenvalue weighted by Crippen LogP contribution is 2.40. The monoisotopic (exact) mass is 627 g/mol. The third kappa shape index (κ3) is 6.33. The molecule has 1 aromatic heterocycles. The van der Waals surface area contributed by atoms with Gasteiger partial charge in [-0.15, -0.1) is 11.8 Å². The van der Waals surface area contributed by atoms with Crippen molar-refractivity contribution in [3.63, 3.8) is 0 Å². The molecule has 1 saturated carbocycles. The predicted octanol–water partition coefficient (Wildman–Crippen LogP) is 5.65. The molecule has 1 aliphatic heterocycles. The van der Waals surface area contributed by atoms with Crippen LogP contribution in [0.4, 0.5) is 24.7 Å². The fourth-order valence-corrected chi connectivity index (χ4v) is 6.04. The van der Waals surface area contributed by atoms with Gasteiger partial charge in [0.2, 0.25) is 11.8 Å². The Labute approximate surface area is 254 Å². The van der Waals surface area contributed by atoms with E-state index in [0.717, 1.165) is 11.0 Å². The minimum atomic E-state index is -2.92. The van der Waals surface area contributed by atoms with E-state index in [2.05, 4.69) is 10.3 Å². The molecule has 1 unspecified atom stereocenters. The Morgan fingerprint density at radius 1 is 1.21 bits per heavy atom. The zero-order valence-corrected chi connectivity index (χ0v) is 24.3. The highest BCUT2D eigenvalue weighted by Gasteiger charge is 2.48. The highest BCUT2D eigenvalue weighted by atomic mass is 35.5. The van der Waals surface area contributed by atoms with Crippen LogP contribution in [0.1, 0.15) is 42.9 Å². The summed E-state index contributed by atoms with van der Waals surface area (Å²) in [5.41, 5.74) is 0.399. The second-order valence-electron chi connectivity index (χ2n) is 10.3. The van der Waals surface area contributed by atoms with Crippen molar-refractivity contribution in [3.8, 4) is 6.07 Å². The summed E-state index contributed by atoms with van der Waals surface area (Å²) in [7, 11) is 0. The topological polar surface area (TPSA) is 106 Å². The maximum absolute atomic E-state index is 14.9. The molecule has 0 spiro atoms. The Kier molecular flexibility index (Phi) is 8.66.